The molecule has 1 aliphatic heterocycles. The summed E-state index contributed by atoms with van der Waals surface area (Å²) in [5.74, 6) is -2.36. The molecule has 11 nitrogen and oxygen atoms in total. The fourth-order valence-corrected chi connectivity index (χ4v) is 4.71. The number of aromatic carboxylic acids is 2. The average molecular weight is 577 g/mol. The SMILES string of the molecule is C[C@@H]1CC(C)(C)[NH2+]CCN[C@@H](C)CC(C)(C)[NH2+]CCN1.Nc1ccc(C(=O)[O-])cc1.Nc1ccc(C(=O)[O-])cc1.O. The van der Waals surface area contributed by atoms with E-state index in [9.17, 15) is 19.8 Å². The van der Waals surface area contributed by atoms with Gasteiger partial charge in [-0.2, -0.15) is 0 Å². The van der Waals surface area contributed by atoms with Gasteiger partial charge in [0.05, 0.1) is 36.1 Å². The Bertz CT molecular complexity index is 945. The highest BCUT2D eigenvalue weighted by atomic mass is 16.4. The predicted molar refractivity (Wildman–Crippen MR) is 160 cm³/mol. The largest absolute Gasteiger partial charge is 0.545 e. The summed E-state index contributed by atoms with van der Waals surface area (Å²) in [7, 11) is 0. The number of anilines is 2. The Morgan fingerprint density at radius 3 is 1.27 bits per heavy atom. The molecular weight excluding hydrogens is 524 g/mol. The monoisotopic (exact) mass is 576 g/mol. The van der Waals surface area contributed by atoms with Crippen LogP contribution in [0.4, 0.5) is 11.4 Å². The number of carboxylic acids is 2. The number of nitrogens with one attached hydrogen (secondary N) is 2. The van der Waals surface area contributed by atoms with Crippen LogP contribution in [0, 0.1) is 0 Å². The second-order valence-electron chi connectivity index (χ2n) is 11.9. The first kappa shape index (κ1) is 37.8. The van der Waals surface area contributed by atoms with Gasteiger partial charge < -0.3 is 58.0 Å². The third-order valence-electron chi connectivity index (χ3n) is 6.63. The Hall–Kier alpha value is -3.22. The van der Waals surface area contributed by atoms with Gasteiger partial charge >= 0.3 is 0 Å². The van der Waals surface area contributed by atoms with Gasteiger partial charge in [-0.3, -0.25) is 0 Å². The van der Waals surface area contributed by atoms with E-state index in [1.165, 1.54) is 61.4 Å². The van der Waals surface area contributed by atoms with Crippen LogP contribution in [-0.4, -0.2) is 66.8 Å². The molecule has 0 saturated carbocycles. The van der Waals surface area contributed by atoms with E-state index < -0.39 is 11.9 Å². The van der Waals surface area contributed by atoms with Gasteiger partial charge in [-0.25, -0.2) is 0 Å². The van der Waals surface area contributed by atoms with Crippen LogP contribution in [0.3, 0.4) is 0 Å². The molecular formula is C30H52N6O5. The normalized spacial score (nSPS) is 20.7. The Kier molecular flexibility index (Phi) is 16.8. The summed E-state index contributed by atoms with van der Waals surface area (Å²) >= 11 is 0. The first-order valence-corrected chi connectivity index (χ1v) is 13.9. The van der Waals surface area contributed by atoms with Gasteiger partial charge in [-0.05, 0) is 76.9 Å². The van der Waals surface area contributed by atoms with Crippen molar-refractivity contribution < 1.29 is 35.9 Å². The number of hydrogen-bond donors (Lipinski definition) is 6. The van der Waals surface area contributed by atoms with Gasteiger partial charge in [0.1, 0.15) is 0 Å². The van der Waals surface area contributed by atoms with Crippen molar-refractivity contribution >= 4 is 23.3 Å². The summed E-state index contributed by atoms with van der Waals surface area (Å²) in [5.41, 5.74) is 12.7. The van der Waals surface area contributed by atoms with Crippen molar-refractivity contribution in [3.63, 3.8) is 0 Å². The maximum Gasteiger partial charge on any atom is 0.0919 e. The lowest BCUT2D eigenvalue weighted by molar-refractivity contribution is -0.723. The second kappa shape index (κ2) is 18.3. The van der Waals surface area contributed by atoms with E-state index in [4.69, 9.17) is 11.5 Å². The summed E-state index contributed by atoms with van der Waals surface area (Å²) in [5, 5.41) is 32.7. The smallest absolute Gasteiger partial charge is 0.0919 e. The maximum atomic E-state index is 10.2. The van der Waals surface area contributed by atoms with E-state index in [1.807, 2.05) is 0 Å². The summed E-state index contributed by atoms with van der Waals surface area (Å²) in [6.07, 6.45) is 2.43. The lowest BCUT2D eigenvalue weighted by atomic mass is 9.94. The summed E-state index contributed by atoms with van der Waals surface area (Å²) in [6.45, 7) is 18.6. The minimum atomic E-state index is -1.18. The van der Waals surface area contributed by atoms with E-state index >= 15 is 0 Å². The summed E-state index contributed by atoms with van der Waals surface area (Å²) < 4.78 is 0. The summed E-state index contributed by atoms with van der Waals surface area (Å²) in [6, 6.07) is 12.9. The van der Waals surface area contributed by atoms with Crippen LogP contribution in [0.2, 0.25) is 0 Å². The number of benzene rings is 2. The number of carbonyl (C=O) groups excluding carboxylic acids is 2. The molecule has 1 heterocycles. The summed E-state index contributed by atoms with van der Waals surface area (Å²) in [4.78, 5) is 20.3. The lowest BCUT2D eigenvalue weighted by Crippen LogP contribution is -2.97. The Balaban J connectivity index is 0.000000639. The van der Waals surface area contributed by atoms with Gasteiger partial charge in [-0.1, -0.05) is 24.3 Å². The molecule has 0 unspecified atom stereocenters. The molecule has 3 rings (SSSR count). The van der Waals surface area contributed by atoms with E-state index in [0.29, 0.717) is 34.5 Å². The molecule has 0 amide bonds. The van der Waals surface area contributed by atoms with Crippen molar-refractivity contribution in [2.24, 2.45) is 0 Å². The number of carbonyl (C=O) groups is 2. The van der Waals surface area contributed by atoms with Crippen molar-refractivity contribution in [2.45, 2.75) is 77.5 Å². The van der Waals surface area contributed by atoms with E-state index in [2.05, 4.69) is 62.8 Å². The molecule has 0 bridgehead atoms. The minimum absolute atomic E-state index is 0. The van der Waals surface area contributed by atoms with Crippen molar-refractivity contribution in [1.82, 2.24) is 10.6 Å². The highest BCUT2D eigenvalue weighted by Gasteiger charge is 2.26. The predicted octanol–water partition coefficient (Wildman–Crippen LogP) is -2.14. The van der Waals surface area contributed by atoms with Gasteiger partial charge in [0.2, 0.25) is 0 Å². The molecule has 0 radical (unpaired) electrons. The molecule has 1 fully saturated rings. The molecule has 232 valence electrons. The Morgan fingerprint density at radius 1 is 0.707 bits per heavy atom. The van der Waals surface area contributed by atoms with Crippen LogP contribution in [0.25, 0.3) is 0 Å². The fourth-order valence-electron chi connectivity index (χ4n) is 4.71. The highest BCUT2D eigenvalue weighted by Crippen LogP contribution is 2.08. The molecule has 12 N–H and O–H groups in total. The minimum Gasteiger partial charge on any atom is -0.545 e. The second-order valence-corrected chi connectivity index (χ2v) is 11.9. The van der Waals surface area contributed by atoms with Crippen molar-refractivity contribution in [3.05, 3.63) is 59.7 Å². The molecule has 1 aliphatic rings. The first-order chi connectivity index (χ1) is 18.6. The molecule has 2 atom stereocenters. The van der Waals surface area contributed by atoms with Crippen LogP contribution in [0.15, 0.2) is 48.5 Å². The van der Waals surface area contributed by atoms with Crippen LogP contribution in [0.5, 0.6) is 0 Å². The van der Waals surface area contributed by atoms with Crippen molar-refractivity contribution in [1.29, 1.82) is 0 Å². The van der Waals surface area contributed by atoms with Gasteiger partial charge in [-0.15, -0.1) is 0 Å². The van der Waals surface area contributed by atoms with Crippen LogP contribution in [0.1, 0.15) is 75.1 Å². The molecule has 11 heteroatoms. The highest BCUT2D eigenvalue weighted by molar-refractivity contribution is 5.86. The molecule has 0 aromatic heterocycles. The standard InChI is InChI=1S/C16H36N4.2C7H7NO2.H2O/c1-13-11-15(3,4)19-10-8-18-14(2)12-16(5,6)20-9-7-17-13;2*8-6-3-1-5(2-4-6)7(9)10;/h13-14,17-20H,7-12H2,1-6H3;2*1-4H,8H2,(H,9,10);1H2/t13-,14+;;;. The number of nitrogens with two attached hydrogens (primary N) is 4. The Morgan fingerprint density at radius 2 is 1.00 bits per heavy atom. The number of quaternary nitrogens is 2. The lowest BCUT2D eigenvalue weighted by Gasteiger charge is -2.30. The maximum absolute atomic E-state index is 10.2. The van der Waals surface area contributed by atoms with Gasteiger partial charge in [0.25, 0.3) is 0 Å². The first-order valence-electron chi connectivity index (χ1n) is 13.9. The van der Waals surface area contributed by atoms with Crippen LogP contribution < -0.4 is 42.9 Å². The van der Waals surface area contributed by atoms with Gasteiger partial charge in [0, 0.05) is 49.4 Å². The quantitative estimate of drug-likeness (QED) is 0.216. The topological polar surface area (TPSA) is 221 Å². The zero-order valence-electron chi connectivity index (χ0n) is 25.5. The van der Waals surface area contributed by atoms with Gasteiger partial charge in [0.15, 0.2) is 0 Å². The Labute approximate surface area is 244 Å². The van der Waals surface area contributed by atoms with E-state index in [-0.39, 0.29) is 16.6 Å². The van der Waals surface area contributed by atoms with Crippen LogP contribution >= 0.6 is 0 Å². The molecule has 2 aromatic carbocycles. The molecule has 41 heavy (non-hydrogen) atoms. The molecule has 2 aromatic rings. The van der Waals surface area contributed by atoms with Crippen LogP contribution in [-0.2, 0) is 0 Å². The van der Waals surface area contributed by atoms with Crippen molar-refractivity contribution in [2.75, 3.05) is 37.6 Å². The zero-order valence-corrected chi connectivity index (χ0v) is 25.5. The third kappa shape index (κ3) is 17.3. The van der Waals surface area contributed by atoms with E-state index in [0.717, 1.165) is 26.2 Å². The molecule has 1 saturated heterocycles. The zero-order chi connectivity index (χ0) is 30.3. The number of rotatable bonds is 2. The number of carboxylic acid groups (broad SMARTS) is 2. The average Bonchev–Trinajstić information content (AvgIpc) is 2.85. The molecule has 0 aliphatic carbocycles. The third-order valence-corrected chi connectivity index (χ3v) is 6.63. The van der Waals surface area contributed by atoms with Crippen molar-refractivity contribution in [3.8, 4) is 0 Å². The fraction of sp³-hybridized carbons (Fsp3) is 0.533. The number of nitrogen functional groups attached to an aromatic ring is 2. The number of hydrogen-bond acceptors (Lipinski definition) is 8. The molecule has 0 spiro atoms. The van der Waals surface area contributed by atoms with E-state index in [1.54, 1.807) is 0 Å².